The van der Waals surface area contributed by atoms with Gasteiger partial charge in [0, 0.05) is 16.1 Å². The van der Waals surface area contributed by atoms with Gasteiger partial charge >= 0.3 is 0 Å². The Balaban J connectivity index is 1.70. The van der Waals surface area contributed by atoms with Crippen LogP contribution in [0.3, 0.4) is 0 Å². The predicted molar refractivity (Wildman–Crippen MR) is 113 cm³/mol. The molecule has 0 aliphatic carbocycles. The van der Waals surface area contributed by atoms with Crippen molar-refractivity contribution in [1.29, 1.82) is 0 Å². The number of methoxy groups -OCH3 is 1. The largest absolute Gasteiger partial charge is 0.495 e. The summed E-state index contributed by atoms with van der Waals surface area (Å²) in [4.78, 5) is 12.9. The molecule has 0 fully saturated rings. The SMILES string of the molecule is COc1ccc(Cl)cc1NC(=O)CN1c2ccccc2-c2ccccc2S1(=O)=O. The summed E-state index contributed by atoms with van der Waals surface area (Å²) >= 11 is 6.00. The fourth-order valence-electron chi connectivity index (χ4n) is 3.35. The number of nitrogens with one attached hydrogen (secondary N) is 1. The van der Waals surface area contributed by atoms with Crippen LogP contribution in [0.2, 0.25) is 5.02 Å². The van der Waals surface area contributed by atoms with Crippen LogP contribution in [0.1, 0.15) is 0 Å². The lowest BCUT2D eigenvalue weighted by molar-refractivity contribution is -0.114. The third-order valence-electron chi connectivity index (χ3n) is 4.64. The van der Waals surface area contributed by atoms with Gasteiger partial charge in [-0.15, -0.1) is 0 Å². The lowest BCUT2D eigenvalue weighted by Gasteiger charge is -2.31. The first-order chi connectivity index (χ1) is 13.9. The summed E-state index contributed by atoms with van der Waals surface area (Å²) in [6.07, 6.45) is 0. The maximum absolute atomic E-state index is 13.2. The summed E-state index contributed by atoms with van der Waals surface area (Å²) in [5.41, 5.74) is 2.20. The minimum atomic E-state index is -3.89. The molecular weight excluding hydrogens is 412 g/mol. The van der Waals surface area contributed by atoms with Gasteiger partial charge in [-0.05, 0) is 30.3 Å². The highest BCUT2D eigenvalue weighted by atomic mass is 35.5. The molecule has 1 N–H and O–H groups in total. The third kappa shape index (κ3) is 3.43. The van der Waals surface area contributed by atoms with Gasteiger partial charge in [0.25, 0.3) is 10.0 Å². The van der Waals surface area contributed by atoms with Crippen molar-refractivity contribution in [2.24, 2.45) is 0 Å². The molecule has 0 aromatic heterocycles. The molecule has 148 valence electrons. The Hall–Kier alpha value is -3.03. The molecule has 1 amide bonds. The fraction of sp³-hybridized carbons (Fsp3) is 0.0952. The summed E-state index contributed by atoms with van der Waals surface area (Å²) in [6, 6.07) is 18.7. The van der Waals surface area contributed by atoms with Crippen LogP contribution in [-0.2, 0) is 14.8 Å². The number of sulfonamides is 1. The summed E-state index contributed by atoms with van der Waals surface area (Å²) in [6.45, 7) is -0.386. The van der Waals surface area contributed by atoms with E-state index in [2.05, 4.69) is 5.32 Å². The van der Waals surface area contributed by atoms with E-state index in [1.54, 1.807) is 54.6 Å². The Labute approximate surface area is 173 Å². The second-order valence-corrected chi connectivity index (χ2v) is 8.68. The summed E-state index contributed by atoms with van der Waals surface area (Å²) in [5.74, 6) is -0.0849. The number of fused-ring (bicyclic) bond motifs is 3. The lowest BCUT2D eigenvalue weighted by atomic mass is 10.0. The zero-order valence-electron chi connectivity index (χ0n) is 15.4. The first-order valence-electron chi connectivity index (χ1n) is 8.76. The average molecular weight is 429 g/mol. The number of rotatable bonds is 4. The van der Waals surface area contributed by atoms with Gasteiger partial charge in [-0.25, -0.2) is 8.42 Å². The smallest absolute Gasteiger partial charge is 0.265 e. The van der Waals surface area contributed by atoms with Crippen molar-refractivity contribution in [3.63, 3.8) is 0 Å². The first kappa shape index (κ1) is 19.3. The molecule has 0 bridgehead atoms. The Morgan fingerprint density at radius 2 is 1.72 bits per heavy atom. The van der Waals surface area contributed by atoms with E-state index in [-0.39, 0.29) is 11.4 Å². The zero-order chi connectivity index (χ0) is 20.6. The molecule has 0 radical (unpaired) electrons. The molecule has 1 heterocycles. The molecule has 29 heavy (non-hydrogen) atoms. The average Bonchev–Trinajstić information content (AvgIpc) is 2.71. The monoisotopic (exact) mass is 428 g/mol. The van der Waals surface area contributed by atoms with Crippen LogP contribution in [0, 0.1) is 0 Å². The molecule has 6 nitrogen and oxygen atoms in total. The van der Waals surface area contributed by atoms with E-state index >= 15 is 0 Å². The van der Waals surface area contributed by atoms with Crippen LogP contribution in [0.15, 0.2) is 71.6 Å². The van der Waals surface area contributed by atoms with Crippen molar-refractivity contribution in [2.75, 3.05) is 23.3 Å². The molecule has 3 aromatic carbocycles. The topological polar surface area (TPSA) is 75.7 Å². The third-order valence-corrected chi connectivity index (χ3v) is 6.69. The Morgan fingerprint density at radius 1 is 1.03 bits per heavy atom. The van der Waals surface area contributed by atoms with E-state index in [9.17, 15) is 13.2 Å². The molecule has 0 spiro atoms. The number of para-hydroxylation sites is 1. The van der Waals surface area contributed by atoms with Crippen LogP contribution in [0.4, 0.5) is 11.4 Å². The maximum Gasteiger partial charge on any atom is 0.265 e. The number of carbonyl (C=O) groups excluding carboxylic acids is 1. The molecule has 0 atom stereocenters. The van der Waals surface area contributed by atoms with Crippen LogP contribution in [-0.4, -0.2) is 28.0 Å². The van der Waals surface area contributed by atoms with Crippen molar-refractivity contribution >= 4 is 38.9 Å². The van der Waals surface area contributed by atoms with Crippen LogP contribution >= 0.6 is 11.6 Å². The fourth-order valence-corrected chi connectivity index (χ4v) is 5.17. The summed E-state index contributed by atoms with van der Waals surface area (Å²) < 4.78 is 32.8. The molecule has 1 aliphatic heterocycles. The van der Waals surface area contributed by atoms with Gasteiger partial charge in [-0.2, -0.15) is 0 Å². The summed E-state index contributed by atoms with van der Waals surface area (Å²) in [5, 5.41) is 3.11. The van der Waals surface area contributed by atoms with Crippen LogP contribution in [0.25, 0.3) is 11.1 Å². The molecular formula is C21H17ClN2O4S. The minimum Gasteiger partial charge on any atom is -0.495 e. The maximum atomic E-state index is 13.2. The molecule has 3 aromatic rings. The Bertz CT molecular complexity index is 1210. The number of hydrogen-bond donors (Lipinski definition) is 1. The molecule has 1 aliphatic rings. The molecule has 8 heteroatoms. The first-order valence-corrected chi connectivity index (χ1v) is 10.6. The number of halogens is 1. The van der Waals surface area contributed by atoms with Crippen LogP contribution < -0.4 is 14.4 Å². The Morgan fingerprint density at radius 3 is 2.48 bits per heavy atom. The van der Waals surface area contributed by atoms with E-state index in [1.807, 2.05) is 12.1 Å². The number of anilines is 2. The van der Waals surface area contributed by atoms with Gasteiger partial charge in [0.2, 0.25) is 5.91 Å². The van der Waals surface area contributed by atoms with Crippen molar-refractivity contribution in [1.82, 2.24) is 0 Å². The van der Waals surface area contributed by atoms with Gasteiger partial charge in [0.05, 0.1) is 23.4 Å². The van der Waals surface area contributed by atoms with Gasteiger partial charge < -0.3 is 10.1 Å². The highest BCUT2D eigenvalue weighted by Gasteiger charge is 2.35. The Kier molecular flexibility index (Phi) is 4.94. The van der Waals surface area contributed by atoms with Gasteiger partial charge in [0.15, 0.2) is 0 Å². The van der Waals surface area contributed by atoms with Gasteiger partial charge in [-0.1, -0.05) is 48.0 Å². The summed E-state index contributed by atoms with van der Waals surface area (Å²) in [7, 11) is -2.42. The molecule has 0 unspecified atom stereocenters. The highest BCUT2D eigenvalue weighted by molar-refractivity contribution is 7.93. The minimum absolute atomic E-state index is 0.173. The van der Waals surface area contributed by atoms with E-state index in [1.165, 1.54) is 7.11 Å². The van der Waals surface area contributed by atoms with E-state index < -0.39 is 15.9 Å². The van der Waals surface area contributed by atoms with Crippen molar-refractivity contribution in [3.05, 3.63) is 71.8 Å². The normalized spacial score (nSPS) is 13.9. The molecule has 4 rings (SSSR count). The highest BCUT2D eigenvalue weighted by Crippen LogP contribution is 2.42. The second-order valence-electron chi connectivity index (χ2n) is 6.42. The van der Waals surface area contributed by atoms with Crippen molar-refractivity contribution in [2.45, 2.75) is 4.90 Å². The van der Waals surface area contributed by atoms with Crippen molar-refractivity contribution < 1.29 is 17.9 Å². The number of amides is 1. The van der Waals surface area contributed by atoms with Gasteiger partial charge in [0.1, 0.15) is 12.3 Å². The quantitative estimate of drug-likeness (QED) is 0.676. The van der Waals surface area contributed by atoms with Gasteiger partial charge in [-0.3, -0.25) is 9.10 Å². The van der Waals surface area contributed by atoms with Crippen LogP contribution in [0.5, 0.6) is 5.75 Å². The number of ether oxygens (including phenoxy) is 1. The molecule has 0 saturated carbocycles. The lowest BCUT2D eigenvalue weighted by Crippen LogP contribution is -2.40. The predicted octanol–water partition coefficient (Wildman–Crippen LogP) is 4.16. The standard InChI is InChI=1S/C21H17ClN2O4S/c1-28-19-11-10-14(22)12-17(19)23-21(25)13-24-18-8-4-2-6-15(18)16-7-3-5-9-20(16)29(24,26)27/h2-12H,13H2,1H3,(H,23,25). The zero-order valence-corrected chi connectivity index (χ0v) is 17.0. The number of hydrogen-bond acceptors (Lipinski definition) is 4. The van der Waals surface area contributed by atoms with E-state index in [0.717, 1.165) is 9.87 Å². The van der Waals surface area contributed by atoms with E-state index in [0.29, 0.717) is 27.7 Å². The number of benzene rings is 3. The second kappa shape index (κ2) is 7.42. The van der Waals surface area contributed by atoms with E-state index in [4.69, 9.17) is 16.3 Å². The molecule has 0 saturated heterocycles. The van der Waals surface area contributed by atoms with Crippen molar-refractivity contribution in [3.8, 4) is 16.9 Å². The number of nitrogens with zero attached hydrogens (tertiary/aromatic N) is 1. The number of carbonyl (C=O) groups is 1.